The number of aromatic nitrogens is 5. The lowest BCUT2D eigenvalue weighted by Gasteiger charge is -1.92. The standard InChI is InChI=1S/C5H4ClN5S2/c1-11-4(8-9-10-11)13-5-7-3(6)2-12-5/h2H,1H3. The summed E-state index contributed by atoms with van der Waals surface area (Å²) in [5.74, 6) is 0. The fourth-order valence-corrected chi connectivity index (χ4v) is 2.50. The fourth-order valence-electron chi connectivity index (χ4n) is 0.672. The maximum atomic E-state index is 5.67. The van der Waals surface area contributed by atoms with Gasteiger partial charge < -0.3 is 0 Å². The van der Waals surface area contributed by atoms with Crippen molar-refractivity contribution in [1.82, 2.24) is 25.2 Å². The number of hydrogen-bond acceptors (Lipinski definition) is 6. The molecule has 0 bridgehead atoms. The molecule has 0 spiro atoms. The Morgan fingerprint density at radius 3 is 3.00 bits per heavy atom. The molecule has 0 aliphatic rings. The number of thiazole rings is 1. The average molecular weight is 234 g/mol. The Hall–Kier alpha value is -0.660. The number of tetrazole rings is 1. The van der Waals surface area contributed by atoms with Crippen LogP contribution in [-0.4, -0.2) is 25.2 Å². The first-order valence-corrected chi connectivity index (χ1v) is 5.34. The van der Waals surface area contributed by atoms with Crippen molar-refractivity contribution in [2.45, 2.75) is 9.50 Å². The normalized spacial score (nSPS) is 10.6. The molecule has 2 aromatic heterocycles. The van der Waals surface area contributed by atoms with Crippen LogP contribution in [0, 0.1) is 0 Å². The first-order chi connectivity index (χ1) is 6.25. The van der Waals surface area contributed by atoms with Gasteiger partial charge in [-0.05, 0) is 22.2 Å². The zero-order valence-corrected chi connectivity index (χ0v) is 8.90. The highest BCUT2D eigenvalue weighted by Crippen LogP contribution is 2.29. The Morgan fingerprint density at radius 1 is 1.62 bits per heavy atom. The van der Waals surface area contributed by atoms with Crippen LogP contribution in [0.25, 0.3) is 0 Å². The summed E-state index contributed by atoms with van der Waals surface area (Å²) < 4.78 is 2.42. The second-order valence-corrected chi connectivity index (χ2v) is 4.58. The van der Waals surface area contributed by atoms with Crippen LogP contribution in [-0.2, 0) is 7.05 Å². The van der Waals surface area contributed by atoms with Crippen molar-refractivity contribution in [2.75, 3.05) is 0 Å². The van der Waals surface area contributed by atoms with Crippen LogP contribution >= 0.6 is 34.7 Å². The van der Waals surface area contributed by atoms with E-state index in [-0.39, 0.29) is 0 Å². The molecule has 0 saturated heterocycles. The van der Waals surface area contributed by atoms with Crippen molar-refractivity contribution in [1.29, 1.82) is 0 Å². The van der Waals surface area contributed by atoms with Gasteiger partial charge in [-0.3, -0.25) is 0 Å². The van der Waals surface area contributed by atoms with Gasteiger partial charge in [0, 0.05) is 12.4 Å². The zero-order valence-electron chi connectivity index (χ0n) is 6.51. The molecule has 5 nitrogen and oxygen atoms in total. The molecule has 13 heavy (non-hydrogen) atoms. The SMILES string of the molecule is Cn1nnnc1Sc1nc(Cl)cs1. The molecule has 0 aromatic carbocycles. The van der Waals surface area contributed by atoms with Crippen LogP contribution in [0.2, 0.25) is 5.15 Å². The van der Waals surface area contributed by atoms with E-state index in [1.807, 2.05) is 0 Å². The lowest BCUT2D eigenvalue weighted by Crippen LogP contribution is -1.92. The highest BCUT2D eigenvalue weighted by atomic mass is 35.5. The minimum Gasteiger partial charge on any atom is -0.223 e. The van der Waals surface area contributed by atoms with Crippen molar-refractivity contribution in [3.8, 4) is 0 Å². The molecule has 8 heteroatoms. The summed E-state index contributed by atoms with van der Waals surface area (Å²) in [7, 11) is 1.78. The van der Waals surface area contributed by atoms with Gasteiger partial charge in [0.25, 0.3) is 0 Å². The van der Waals surface area contributed by atoms with Gasteiger partial charge >= 0.3 is 0 Å². The number of hydrogen-bond donors (Lipinski definition) is 0. The molecular formula is C5H4ClN5S2. The van der Waals surface area contributed by atoms with E-state index >= 15 is 0 Å². The molecule has 0 unspecified atom stereocenters. The third-order valence-corrected chi connectivity index (χ3v) is 3.51. The highest BCUT2D eigenvalue weighted by molar-refractivity contribution is 8.00. The molecule has 0 aliphatic heterocycles. The molecule has 0 N–H and O–H groups in total. The van der Waals surface area contributed by atoms with Crippen molar-refractivity contribution in [3.63, 3.8) is 0 Å². The molecule has 0 saturated carbocycles. The van der Waals surface area contributed by atoms with E-state index < -0.39 is 0 Å². The van der Waals surface area contributed by atoms with Crippen LogP contribution < -0.4 is 0 Å². The van der Waals surface area contributed by atoms with Gasteiger partial charge in [0.1, 0.15) is 5.15 Å². The topological polar surface area (TPSA) is 56.5 Å². The Bertz CT molecular complexity index is 410. The summed E-state index contributed by atoms with van der Waals surface area (Å²) in [4.78, 5) is 4.06. The number of aryl methyl sites for hydroxylation is 1. The van der Waals surface area contributed by atoms with Gasteiger partial charge in [-0.1, -0.05) is 11.6 Å². The van der Waals surface area contributed by atoms with Crippen LogP contribution in [0.15, 0.2) is 14.9 Å². The molecule has 68 valence electrons. The second-order valence-electron chi connectivity index (χ2n) is 2.12. The van der Waals surface area contributed by atoms with Gasteiger partial charge in [0.05, 0.1) is 0 Å². The molecular weight excluding hydrogens is 230 g/mol. The van der Waals surface area contributed by atoms with E-state index in [2.05, 4.69) is 20.5 Å². The molecule has 2 aromatic rings. The lowest BCUT2D eigenvalue weighted by molar-refractivity contribution is 0.664. The predicted octanol–water partition coefficient (Wildman–Crippen LogP) is 1.47. The molecule has 0 atom stereocenters. The summed E-state index contributed by atoms with van der Waals surface area (Å²) in [6.45, 7) is 0. The smallest absolute Gasteiger partial charge is 0.216 e. The summed E-state index contributed by atoms with van der Waals surface area (Å²) in [6, 6.07) is 0. The minimum atomic E-state index is 0.502. The molecule has 0 fully saturated rings. The van der Waals surface area contributed by atoms with Gasteiger partial charge in [0.2, 0.25) is 5.16 Å². The average Bonchev–Trinajstić information content (AvgIpc) is 2.64. The van der Waals surface area contributed by atoms with Crippen molar-refractivity contribution in [3.05, 3.63) is 10.5 Å². The van der Waals surface area contributed by atoms with Crippen molar-refractivity contribution < 1.29 is 0 Å². The predicted molar refractivity (Wildman–Crippen MR) is 50.0 cm³/mol. The van der Waals surface area contributed by atoms with Gasteiger partial charge in [-0.25, -0.2) is 9.67 Å². The second kappa shape index (κ2) is 3.60. The zero-order chi connectivity index (χ0) is 9.26. The van der Waals surface area contributed by atoms with Gasteiger partial charge in [-0.2, -0.15) is 0 Å². The van der Waals surface area contributed by atoms with Crippen LogP contribution in [0.5, 0.6) is 0 Å². The van der Waals surface area contributed by atoms with E-state index in [9.17, 15) is 0 Å². The largest absolute Gasteiger partial charge is 0.223 e. The van der Waals surface area contributed by atoms with Crippen LogP contribution in [0.1, 0.15) is 0 Å². The first kappa shape index (κ1) is 8.92. The van der Waals surface area contributed by atoms with E-state index in [1.54, 1.807) is 17.1 Å². The Balaban J connectivity index is 2.19. The third kappa shape index (κ3) is 1.98. The maximum Gasteiger partial charge on any atom is 0.216 e. The number of rotatable bonds is 2. The molecule has 0 radical (unpaired) electrons. The van der Waals surface area contributed by atoms with Crippen LogP contribution in [0.4, 0.5) is 0 Å². The van der Waals surface area contributed by atoms with Gasteiger partial charge in [0.15, 0.2) is 4.34 Å². The minimum absolute atomic E-state index is 0.502. The van der Waals surface area contributed by atoms with E-state index in [0.29, 0.717) is 10.3 Å². The molecule has 0 aliphatic carbocycles. The van der Waals surface area contributed by atoms with E-state index in [4.69, 9.17) is 11.6 Å². The van der Waals surface area contributed by atoms with E-state index in [0.717, 1.165) is 4.34 Å². The Labute approximate surface area is 87.1 Å². The maximum absolute atomic E-state index is 5.67. The van der Waals surface area contributed by atoms with Crippen molar-refractivity contribution in [2.24, 2.45) is 7.05 Å². The summed E-state index contributed by atoms with van der Waals surface area (Å²) in [5.41, 5.74) is 0. The van der Waals surface area contributed by atoms with Crippen LogP contribution in [0.3, 0.4) is 0 Å². The fraction of sp³-hybridized carbons (Fsp3) is 0.200. The molecule has 2 rings (SSSR count). The molecule has 2 heterocycles. The molecule has 0 amide bonds. The monoisotopic (exact) mass is 233 g/mol. The quantitative estimate of drug-likeness (QED) is 0.786. The van der Waals surface area contributed by atoms with Crippen molar-refractivity contribution >= 4 is 34.7 Å². The number of halogens is 1. The lowest BCUT2D eigenvalue weighted by atomic mass is 11.0. The Kier molecular flexibility index (Phi) is 2.47. The summed E-state index contributed by atoms with van der Waals surface area (Å²) >= 11 is 8.53. The van der Waals surface area contributed by atoms with E-state index in [1.165, 1.54) is 23.1 Å². The van der Waals surface area contributed by atoms with Gasteiger partial charge in [-0.15, -0.1) is 16.4 Å². The number of nitrogens with zero attached hydrogens (tertiary/aromatic N) is 5. The highest BCUT2D eigenvalue weighted by Gasteiger charge is 2.07. The Morgan fingerprint density at radius 2 is 2.46 bits per heavy atom. The summed E-state index contributed by atoms with van der Waals surface area (Å²) in [6.07, 6.45) is 0. The third-order valence-electron chi connectivity index (χ3n) is 1.21. The first-order valence-electron chi connectivity index (χ1n) is 3.27. The summed E-state index contributed by atoms with van der Waals surface area (Å²) in [5, 5.41) is 14.0.